The van der Waals surface area contributed by atoms with Gasteiger partial charge in [-0.2, -0.15) is 0 Å². The molecule has 26 heteroatoms. The zero-order chi connectivity index (χ0) is 59.5. The second kappa shape index (κ2) is 32.5. The van der Waals surface area contributed by atoms with E-state index in [1.165, 1.54) is 60.8 Å². The molecule has 0 amide bonds. The molecule has 8 aromatic rings. The molecule has 0 spiro atoms. The number of nitrogens with one attached hydrogen (secondary N) is 1. The van der Waals surface area contributed by atoms with Gasteiger partial charge >= 0.3 is 93.7 Å². The third-order valence-corrected chi connectivity index (χ3v) is 15.3. The molecule has 0 radical (unpaired) electrons. The maximum absolute atomic E-state index is 8.76. The normalized spacial score (nSPS) is 17.0. The number of halogens is 3. The molecule has 4 aliphatic heterocycles. The van der Waals surface area contributed by atoms with Gasteiger partial charge in [-0.1, -0.05) is 17.7 Å². The Kier molecular flexibility index (Phi) is 26.6. The summed E-state index contributed by atoms with van der Waals surface area (Å²) in [6, 6.07) is 32.2. The number of likely N-dealkylation sites (N-methyl/N-ethyl adjacent to an activating group) is 2. The molecule has 2 aromatic carbocycles. The van der Waals surface area contributed by atoms with Crippen LogP contribution >= 0.6 is 34.8 Å². The van der Waals surface area contributed by atoms with Crippen LogP contribution in [0, 0.1) is 13.8 Å². The summed E-state index contributed by atoms with van der Waals surface area (Å²) in [6.07, 6.45) is 12.6. The third kappa shape index (κ3) is 19.2. The maximum Gasteiger partial charge on any atom is 2.00 e. The quantitative estimate of drug-likeness (QED) is 0.0449. The number of likely N-dealkylation sites (tertiary alicyclic amines) is 2. The number of benzene rings is 2. The van der Waals surface area contributed by atoms with Crippen LogP contribution in [0.25, 0.3) is 22.5 Å². The molecule has 4 saturated heterocycles. The second-order valence-corrected chi connectivity index (χ2v) is 22.4. The van der Waals surface area contributed by atoms with Crippen LogP contribution in [0.3, 0.4) is 0 Å². The summed E-state index contributed by atoms with van der Waals surface area (Å²) < 4.78 is 0. The van der Waals surface area contributed by atoms with Gasteiger partial charge in [0.25, 0.3) is 0 Å². The Balaban J connectivity index is 0.000000401. The van der Waals surface area contributed by atoms with Gasteiger partial charge in [-0.25, -0.2) is 44.9 Å². The third-order valence-electron chi connectivity index (χ3n) is 14.7. The zero-order valence-electron chi connectivity index (χ0n) is 53.9. The first-order valence-electron chi connectivity index (χ1n) is 27.1. The summed E-state index contributed by atoms with van der Waals surface area (Å²) in [5.41, 5.74) is 16.9. The minimum atomic E-state index is -1.44. The van der Waals surface area contributed by atoms with E-state index >= 15 is 0 Å². The van der Waals surface area contributed by atoms with Crippen LogP contribution in [0.4, 0.5) is 46.2 Å². The van der Waals surface area contributed by atoms with Crippen molar-refractivity contribution in [2.45, 2.75) is 50.9 Å². The summed E-state index contributed by atoms with van der Waals surface area (Å²) in [4.78, 5) is 52.9. The van der Waals surface area contributed by atoms with Crippen molar-refractivity contribution in [2.24, 2.45) is 0 Å². The fourth-order valence-electron chi connectivity index (χ4n) is 10.3. The van der Waals surface area contributed by atoms with Crippen molar-refractivity contribution in [1.82, 2.24) is 54.7 Å². The van der Waals surface area contributed by atoms with E-state index in [0.29, 0.717) is 34.7 Å². The molecule has 0 aliphatic carbocycles. The predicted octanol–water partition coefficient (Wildman–Crippen LogP) is 7.58. The van der Waals surface area contributed by atoms with Crippen LogP contribution in [-0.4, -0.2) is 265 Å². The summed E-state index contributed by atoms with van der Waals surface area (Å²) in [5, 5.41) is 21.7. The Labute approximate surface area is 590 Å². The molecule has 20 nitrogen and oxygen atoms in total. The molecule has 5 N–H and O–H groups in total. The van der Waals surface area contributed by atoms with Crippen LogP contribution in [0.5, 0.6) is 0 Å². The average Bonchev–Trinajstić information content (AvgIpc) is 2.00. The monoisotopic (exact) mass is 1360 g/mol. The number of hydrogen-bond acceptors (Lipinski definition) is 20. The Morgan fingerprint density at radius 1 is 0.553 bits per heavy atom. The Morgan fingerprint density at radius 2 is 1.02 bits per heavy atom. The van der Waals surface area contributed by atoms with Crippen molar-refractivity contribution in [3.63, 3.8) is 0 Å². The number of anilines is 8. The number of nitrogens with two attached hydrogens (primary N) is 1. The zero-order valence-corrected chi connectivity index (χ0v) is 58.8. The number of nitrogen functional groups attached to an aromatic ring is 1. The number of aromatic nitrogens is 9. The van der Waals surface area contributed by atoms with Crippen molar-refractivity contribution in [3.8, 4) is 22.5 Å². The second-order valence-electron chi connectivity index (χ2n) is 21.4. The number of aryl methyl sites for hydroxylation is 2. The predicted molar refractivity (Wildman–Crippen MR) is 355 cm³/mol. The number of piperazine rings is 2. The summed E-state index contributed by atoms with van der Waals surface area (Å²) in [5.74, 6) is 3.20. The standard InChI is InChI=1S/C24H29N7.C13H19N3.C11H11ClN4.C7H11BN2O2.C4H2Cl2N2.Ba.Ca.4H/c1-16-11-18(6-7-22(16)31-15-19-12-20(31)14-30(19)4)27-24-25-10-9-21(28-24)17-5-8-23(26-13-17)29(2)3;1-9-5-10(14)3-4-13(9)16-8-11-6-12(16)7-15(11)2;1-16(2)10-4-3-8(7-14-10)9-5-6-13-11(12)15-9;1-10(2)7-4-3-6(5-9-7)8(11)12;5-3-1-2-7-4(6)8-3;;;;;;/h5-11,13,19-20H,12,14-15H2,1-4H3,(H,25,27,28);3-5,11-12H,6-8,14H2,1-2H3;3-7H,1-2H3;3-5,11-12H,1-2H3;1-2H;;;;;;/q;;;;;2*+2;4*-1. The van der Waals surface area contributed by atoms with Gasteiger partial charge in [-0.15, -0.1) is 0 Å². The van der Waals surface area contributed by atoms with Crippen LogP contribution in [-0.2, 0) is 0 Å². The van der Waals surface area contributed by atoms with Gasteiger partial charge in [0.05, 0.1) is 11.4 Å². The Morgan fingerprint density at radius 3 is 1.41 bits per heavy atom. The van der Waals surface area contributed by atoms with Crippen LogP contribution < -0.4 is 41.0 Å². The van der Waals surface area contributed by atoms with Crippen molar-refractivity contribution in [1.29, 1.82) is 0 Å². The van der Waals surface area contributed by atoms with E-state index in [9.17, 15) is 0 Å². The topological polar surface area (TPSA) is 217 Å². The Bertz CT molecular complexity index is 3380. The smallest absolute Gasteiger partial charge is 1.00 e. The number of fused-ring (bicyclic) bond motifs is 4. The SMILES string of the molecule is CN(C)c1ccc(-c2ccnc(Cl)n2)cn1.CN(C)c1ccc(B(O)O)cn1.Cc1cc(N)ccc1N1CC2CC1CN2C.Cc1cc(Nc2nccc(-c3ccc(N(C)C)nc3)n2)ccc1N1CC2CC1CN2C.Clc1ccnc(Cl)n1.[Ba+2].[Ca+2].[H-].[H-].[H-].[H-]. The first-order chi connectivity index (χ1) is 39.7. The first kappa shape index (κ1) is 69.4. The van der Waals surface area contributed by atoms with Gasteiger partial charge in [-0.05, 0) is 160 Å². The molecule has 0 saturated carbocycles. The fraction of sp³-hybridized carbons (Fsp3) is 0.339. The molecule has 6 aromatic heterocycles. The van der Waals surface area contributed by atoms with E-state index in [0.717, 1.165) is 70.5 Å². The molecule has 12 rings (SSSR count). The van der Waals surface area contributed by atoms with Gasteiger partial charge in [0.2, 0.25) is 16.5 Å². The van der Waals surface area contributed by atoms with Gasteiger partial charge in [0, 0.05) is 169 Å². The maximum atomic E-state index is 8.76. The van der Waals surface area contributed by atoms with E-state index in [-0.39, 0.29) is 103 Å². The van der Waals surface area contributed by atoms with Crippen LogP contribution in [0.1, 0.15) is 29.7 Å². The average molecular weight is 1360 g/mol. The number of nitrogens with zero attached hydrogens (tertiary/aromatic N) is 16. The van der Waals surface area contributed by atoms with Gasteiger partial charge in [-0.3, -0.25) is 9.80 Å². The molecule has 4 fully saturated rings. The van der Waals surface area contributed by atoms with Crippen LogP contribution in [0.15, 0.2) is 128 Å². The molecule has 4 unspecified atom stereocenters. The van der Waals surface area contributed by atoms with E-state index in [4.69, 9.17) is 55.6 Å². The largest absolute Gasteiger partial charge is 2.00 e. The molecular formula is C59H76BBaCaCl3N18O2. The molecule has 442 valence electrons. The molecule has 85 heavy (non-hydrogen) atoms. The van der Waals surface area contributed by atoms with Crippen molar-refractivity contribution in [2.75, 3.05) is 118 Å². The minimum absolute atomic E-state index is 0. The van der Waals surface area contributed by atoms with E-state index < -0.39 is 7.12 Å². The van der Waals surface area contributed by atoms with Gasteiger partial charge in [0.15, 0.2) is 0 Å². The molecule has 4 bridgehead atoms. The van der Waals surface area contributed by atoms with Gasteiger partial charge in [0.1, 0.15) is 22.6 Å². The first-order valence-corrected chi connectivity index (χ1v) is 28.2. The summed E-state index contributed by atoms with van der Waals surface area (Å²) >= 11 is 16.5. The van der Waals surface area contributed by atoms with Crippen molar-refractivity contribution < 1.29 is 15.8 Å². The van der Waals surface area contributed by atoms with Gasteiger partial charge < -0.3 is 51.3 Å². The molecular weight excluding hydrogens is 1290 g/mol. The van der Waals surface area contributed by atoms with E-state index in [2.05, 4.69) is 123 Å². The van der Waals surface area contributed by atoms with Crippen molar-refractivity contribution in [3.05, 3.63) is 155 Å². The Hall–Kier alpha value is -4.66. The number of rotatable bonds is 10. The molecule has 10 heterocycles. The van der Waals surface area contributed by atoms with Crippen LogP contribution in [0.2, 0.25) is 15.7 Å². The number of hydrogen-bond donors (Lipinski definition) is 4. The fourth-order valence-corrected chi connectivity index (χ4v) is 10.8. The summed E-state index contributed by atoms with van der Waals surface area (Å²) in [6.45, 7) is 9.00. The minimum Gasteiger partial charge on any atom is -1.00 e. The number of pyridine rings is 3. The summed E-state index contributed by atoms with van der Waals surface area (Å²) in [7, 11) is 14.6. The van der Waals surface area contributed by atoms with E-state index in [1.54, 1.807) is 42.9 Å². The molecule has 4 atom stereocenters. The van der Waals surface area contributed by atoms with E-state index in [1.807, 2.05) is 99.6 Å². The molecule has 4 aliphatic rings. The van der Waals surface area contributed by atoms with Crippen molar-refractivity contribution >= 4 is 180 Å².